The average molecular weight is 350 g/mol. The van der Waals surface area contributed by atoms with E-state index in [0.717, 1.165) is 29.6 Å². The molecule has 1 fully saturated rings. The summed E-state index contributed by atoms with van der Waals surface area (Å²) >= 11 is 0. The molecular formula is C22H24NO3+. The fourth-order valence-corrected chi connectivity index (χ4v) is 4.02. The summed E-state index contributed by atoms with van der Waals surface area (Å²) in [5, 5.41) is 11.4. The molecule has 3 aromatic rings. The third-order valence-electron chi connectivity index (χ3n) is 5.53. The molecule has 0 bridgehead atoms. The van der Waals surface area contributed by atoms with Gasteiger partial charge in [0.2, 0.25) is 0 Å². The van der Waals surface area contributed by atoms with Crippen molar-refractivity contribution >= 4 is 11.0 Å². The van der Waals surface area contributed by atoms with E-state index in [2.05, 4.69) is 6.92 Å². The highest BCUT2D eigenvalue weighted by atomic mass is 16.4. The molecule has 26 heavy (non-hydrogen) atoms. The number of phenolic OH excluding ortho intramolecular Hbond substituents is 1. The van der Waals surface area contributed by atoms with Crippen molar-refractivity contribution in [3.05, 3.63) is 64.5 Å². The summed E-state index contributed by atoms with van der Waals surface area (Å²) in [5.41, 5.74) is 2.73. The van der Waals surface area contributed by atoms with Crippen molar-refractivity contribution < 1.29 is 14.4 Å². The molecule has 2 N–H and O–H groups in total. The zero-order valence-corrected chi connectivity index (χ0v) is 15.0. The molecule has 1 aliphatic heterocycles. The molecule has 134 valence electrons. The maximum Gasteiger partial charge on any atom is 0.336 e. The highest BCUT2D eigenvalue weighted by Gasteiger charge is 2.23. The minimum atomic E-state index is -0.332. The molecule has 0 aliphatic carbocycles. The van der Waals surface area contributed by atoms with Crippen LogP contribution in [0.25, 0.3) is 22.1 Å². The second-order valence-electron chi connectivity index (χ2n) is 7.30. The number of piperidine rings is 1. The summed E-state index contributed by atoms with van der Waals surface area (Å²) in [6.07, 6.45) is 3.73. The summed E-state index contributed by atoms with van der Waals surface area (Å²) in [4.78, 5) is 13.6. The molecule has 2 atom stereocenters. The predicted molar refractivity (Wildman–Crippen MR) is 102 cm³/mol. The first-order chi connectivity index (χ1) is 12.6. The largest absolute Gasteiger partial charge is 0.507 e. The lowest BCUT2D eigenvalue weighted by molar-refractivity contribution is -0.941. The van der Waals surface area contributed by atoms with Crippen LogP contribution in [-0.4, -0.2) is 17.7 Å². The van der Waals surface area contributed by atoms with Crippen molar-refractivity contribution in [2.45, 2.75) is 38.8 Å². The van der Waals surface area contributed by atoms with E-state index in [4.69, 9.17) is 4.42 Å². The first kappa shape index (κ1) is 16.9. The van der Waals surface area contributed by atoms with Crippen molar-refractivity contribution in [1.29, 1.82) is 0 Å². The van der Waals surface area contributed by atoms with E-state index in [1.54, 1.807) is 18.2 Å². The Labute approximate surface area is 152 Å². The van der Waals surface area contributed by atoms with Crippen LogP contribution in [0, 0.1) is 0 Å². The van der Waals surface area contributed by atoms with Crippen LogP contribution in [0.15, 0.2) is 57.7 Å². The number of aromatic hydroxyl groups is 1. The van der Waals surface area contributed by atoms with Crippen molar-refractivity contribution in [3.8, 4) is 16.9 Å². The molecular weight excluding hydrogens is 326 g/mol. The fraction of sp³-hybridized carbons (Fsp3) is 0.318. The van der Waals surface area contributed by atoms with Crippen LogP contribution in [-0.2, 0) is 6.54 Å². The van der Waals surface area contributed by atoms with Gasteiger partial charge in [-0.05, 0) is 43.9 Å². The molecule has 2 heterocycles. The van der Waals surface area contributed by atoms with Gasteiger partial charge in [-0.25, -0.2) is 4.79 Å². The first-order valence-electron chi connectivity index (χ1n) is 9.31. The van der Waals surface area contributed by atoms with Gasteiger partial charge >= 0.3 is 5.63 Å². The van der Waals surface area contributed by atoms with Crippen LogP contribution in [0.1, 0.15) is 31.7 Å². The lowest BCUT2D eigenvalue weighted by Gasteiger charge is -2.30. The molecule has 1 aromatic heterocycles. The number of likely N-dealkylation sites (tertiary alicyclic amines) is 1. The Bertz CT molecular complexity index is 978. The molecule has 1 aliphatic rings. The number of quaternary nitrogens is 1. The number of hydrogen-bond acceptors (Lipinski definition) is 3. The van der Waals surface area contributed by atoms with Gasteiger partial charge in [0.1, 0.15) is 17.9 Å². The number of fused-ring (bicyclic) bond motifs is 1. The minimum absolute atomic E-state index is 0.209. The summed E-state index contributed by atoms with van der Waals surface area (Å²) in [6.45, 7) is 4.18. The van der Waals surface area contributed by atoms with Crippen LogP contribution >= 0.6 is 0 Å². The Morgan fingerprint density at radius 3 is 2.73 bits per heavy atom. The zero-order valence-electron chi connectivity index (χ0n) is 15.0. The third-order valence-corrected chi connectivity index (χ3v) is 5.53. The van der Waals surface area contributed by atoms with Gasteiger partial charge < -0.3 is 14.4 Å². The summed E-state index contributed by atoms with van der Waals surface area (Å²) in [7, 11) is 0. The number of benzene rings is 2. The van der Waals surface area contributed by atoms with Crippen LogP contribution in [0.3, 0.4) is 0 Å². The van der Waals surface area contributed by atoms with Crippen LogP contribution in [0.2, 0.25) is 0 Å². The average Bonchev–Trinajstić information content (AvgIpc) is 2.64. The third kappa shape index (κ3) is 3.25. The lowest BCUT2D eigenvalue weighted by atomic mass is 9.99. The van der Waals surface area contributed by atoms with Gasteiger partial charge in [0.25, 0.3) is 0 Å². The highest BCUT2D eigenvalue weighted by Crippen LogP contribution is 2.33. The van der Waals surface area contributed by atoms with E-state index >= 15 is 0 Å². The standard InChI is InChI=1S/C22H23NO3/c1-15-7-5-6-10-23(15)14-17-11-22(25)26-21-13-18(20(24)12-19(17)21)16-8-3-2-4-9-16/h2-4,8-9,11-13,15,24H,5-7,10,14H2,1H3/p+1/t15-/m1/s1. The quantitative estimate of drug-likeness (QED) is 0.714. The van der Waals surface area contributed by atoms with Gasteiger partial charge in [-0.3, -0.25) is 0 Å². The van der Waals surface area contributed by atoms with Gasteiger partial charge in [0.05, 0.1) is 12.6 Å². The molecule has 1 saturated heterocycles. The van der Waals surface area contributed by atoms with Gasteiger partial charge in [-0.1, -0.05) is 30.3 Å². The van der Waals surface area contributed by atoms with E-state index in [-0.39, 0.29) is 11.4 Å². The first-order valence-corrected chi connectivity index (χ1v) is 9.31. The molecule has 4 heteroatoms. The fourth-order valence-electron chi connectivity index (χ4n) is 4.02. The van der Waals surface area contributed by atoms with Crippen molar-refractivity contribution in [1.82, 2.24) is 0 Å². The van der Waals surface area contributed by atoms with Crippen LogP contribution < -0.4 is 10.5 Å². The van der Waals surface area contributed by atoms with Gasteiger partial charge in [0, 0.05) is 22.6 Å². The van der Waals surface area contributed by atoms with Gasteiger partial charge in [0.15, 0.2) is 0 Å². The van der Waals surface area contributed by atoms with Crippen LogP contribution in [0.5, 0.6) is 5.75 Å². The second kappa shape index (κ2) is 6.96. The van der Waals surface area contributed by atoms with Crippen LogP contribution in [0.4, 0.5) is 0 Å². The Kier molecular flexibility index (Phi) is 4.51. The number of phenols is 1. The Balaban J connectivity index is 1.79. The molecule has 4 rings (SSSR count). The SMILES string of the molecule is C[C@@H]1CCCC[NH+]1Cc1cc(=O)oc2cc(-c3ccccc3)c(O)cc12. The molecule has 0 saturated carbocycles. The summed E-state index contributed by atoms with van der Waals surface area (Å²) in [5.74, 6) is 0.209. The van der Waals surface area contributed by atoms with E-state index < -0.39 is 0 Å². The van der Waals surface area contributed by atoms with E-state index in [9.17, 15) is 9.90 Å². The Hall–Kier alpha value is -2.59. The van der Waals surface area contributed by atoms with E-state index in [1.165, 1.54) is 24.2 Å². The van der Waals surface area contributed by atoms with Crippen molar-refractivity contribution in [2.75, 3.05) is 6.54 Å². The topological polar surface area (TPSA) is 54.9 Å². The van der Waals surface area contributed by atoms with Gasteiger partial charge in [-0.2, -0.15) is 0 Å². The molecule has 4 nitrogen and oxygen atoms in total. The maximum atomic E-state index is 12.1. The normalized spacial score (nSPS) is 20.3. The highest BCUT2D eigenvalue weighted by molar-refractivity contribution is 5.88. The molecule has 2 aromatic carbocycles. The summed E-state index contributed by atoms with van der Waals surface area (Å²) in [6, 6.07) is 15.3. The Morgan fingerprint density at radius 1 is 1.15 bits per heavy atom. The predicted octanol–water partition coefficient (Wildman–Crippen LogP) is 3.12. The number of hydrogen-bond donors (Lipinski definition) is 2. The number of rotatable bonds is 3. The molecule has 1 unspecified atom stereocenters. The summed E-state index contributed by atoms with van der Waals surface area (Å²) < 4.78 is 5.46. The molecule has 0 spiro atoms. The lowest BCUT2D eigenvalue weighted by Crippen LogP contribution is -3.14. The van der Waals surface area contributed by atoms with Crippen molar-refractivity contribution in [3.63, 3.8) is 0 Å². The van der Waals surface area contributed by atoms with E-state index in [1.807, 2.05) is 30.3 Å². The minimum Gasteiger partial charge on any atom is -0.507 e. The zero-order chi connectivity index (χ0) is 18.1. The molecule has 0 radical (unpaired) electrons. The maximum absolute atomic E-state index is 12.1. The Morgan fingerprint density at radius 2 is 1.96 bits per heavy atom. The second-order valence-corrected chi connectivity index (χ2v) is 7.30. The smallest absolute Gasteiger partial charge is 0.336 e. The molecule has 0 amide bonds. The van der Waals surface area contributed by atoms with E-state index in [0.29, 0.717) is 17.2 Å². The monoisotopic (exact) mass is 350 g/mol. The number of nitrogens with one attached hydrogen (secondary N) is 1. The van der Waals surface area contributed by atoms with Crippen molar-refractivity contribution in [2.24, 2.45) is 0 Å². The van der Waals surface area contributed by atoms with Gasteiger partial charge in [-0.15, -0.1) is 0 Å².